The van der Waals surface area contributed by atoms with Gasteiger partial charge in [-0.05, 0) is 54.1 Å². The molecule has 3 N–H and O–H groups in total. The van der Waals surface area contributed by atoms with Crippen LogP contribution in [0.2, 0.25) is 25.7 Å². The molecule has 1 atom stereocenters. The third-order valence-electron chi connectivity index (χ3n) is 7.49. The Balaban J connectivity index is 1.48. The Labute approximate surface area is 209 Å². The number of anilines is 1. The van der Waals surface area contributed by atoms with Crippen molar-refractivity contribution in [3.63, 3.8) is 0 Å². The van der Waals surface area contributed by atoms with Crippen LogP contribution in [0.5, 0.6) is 0 Å². The molecule has 35 heavy (non-hydrogen) atoms. The second-order valence-corrected chi connectivity index (χ2v) is 17.9. The zero-order chi connectivity index (χ0) is 25.0. The number of rotatable bonds is 8. The number of aliphatic hydroxyl groups is 2. The number of aromatic nitrogens is 3. The highest BCUT2D eigenvalue weighted by Crippen LogP contribution is 2.45. The minimum atomic E-state index is -1.10. The molecule has 8 heteroatoms. The van der Waals surface area contributed by atoms with Crippen LogP contribution in [0.1, 0.15) is 37.0 Å². The van der Waals surface area contributed by atoms with Crippen molar-refractivity contribution < 1.29 is 14.9 Å². The van der Waals surface area contributed by atoms with Crippen LogP contribution in [0.25, 0.3) is 22.3 Å². The minimum absolute atomic E-state index is 0.0266. The summed E-state index contributed by atoms with van der Waals surface area (Å²) in [5.74, 6) is 0. The molecule has 2 aromatic heterocycles. The molecule has 0 saturated heterocycles. The molecule has 0 spiro atoms. The molecular weight excluding hydrogens is 456 g/mol. The van der Waals surface area contributed by atoms with Crippen LogP contribution in [0.3, 0.4) is 0 Å². The van der Waals surface area contributed by atoms with Gasteiger partial charge in [0.2, 0.25) is 0 Å². The normalized spacial score (nSPS) is 17.9. The lowest BCUT2D eigenvalue weighted by molar-refractivity contribution is 0.0786. The van der Waals surface area contributed by atoms with Crippen LogP contribution in [-0.4, -0.2) is 65.5 Å². The Kier molecular flexibility index (Phi) is 6.36. The molecule has 0 bridgehead atoms. The van der Waals surface area contributed by atoms with E-state index in [9.17, 15) is 10.2 Å². The van der Waals surface area contributed by atoms with Crippen molar-refractivity contribution in [3.05, 3.63) is 35.0 Å². The number of fused-ring (bicyclic) bond motifs is 6. The number of benzene rings is 1. The minimum Gasteiger partial charge on any atom is -0.394 e. The first-order chi connectivity index (χ1) is 16.6. The Morgan fingerprint density at radius 1 is 1.23 bits per heavy atom. The number of aryl methyl sites for hydroxylation is 2. The molecule has 3 heterocycles. The standard InChI is InChI=1S/C27H40N4O3Si/c1-27(2)16-30(14-19(33)15-32)24-11-21-20-8-6-7-18-13-31(17-34-9-10-35(3,4)5)29-25(18)26(20)28-23(21)12-22(24)27/h11-13,19,28,32-33H,6-10,14-17H2,1-5H3. The summed E-state index contributed by atoms with van der Waals surface area (Å²) in [4.78, 5) is 5.95. The summed E-state index contributed by atoms with van der Waals surface area (Å²) in [6.45, 7) is 14.0. The third-order valence-corrected chi connectivity index (χ3v) is 9.19. The van der Waals surface area contributed by atoms with E-state index < -0.39 is 14.2 Å². The third kappa shape index (κ3) is 4.81. The summed E-state index contributed by atoms with van der Waals surface area (Å²) in [5.41, 5.74) is 8.38. The van der Waals surface area contributed by atoms with Crippen molar-refractivity contribution in [2.45, 2.75) is 77.0 Å². The van der Waals surface area contributed by atoms with E-state index >= 15 is 0 Å². The van der Waals surface area contributed by atoms with Crippen LogP contribution < -0.4 is 4.90 Å². The maximum absolute atomic E-state index is 10.1. The molecule has 7 nitrogen and oxygen atoms in total. The van der Waals surface area contributed by atoms with Gasteiger partial charge in [-0.2, -0.15) is 5.10 Å². The van der Waals surface area contributed by atoms with Crippen LogP contribution in [0, 0.1) is 0 Å². The predicted octanol–water partition coefficient (Wildman–Crippen LogP) is 4.28. The van der Waals surface area contributed by atoms with Gasteiger partial charge in [0.25, 0.3) is 0 Å². The van der Waals surface area contributed by atoms with Crippen molar-refractivity contribution >= 4 is 24.7 Å². The molecular formula is C27H40N4O3Si. The lowest BCUT2D eigenvalue weighted by atomic mass is 9.86. The summed E-state index contributed by atoms with van der Waals surface area (Å²) in [6, 6.07) is 5.74. The van der Waals surface area contributed by atoms with Crippen molar-refractivity contribution in [2.24, 2.45) is 0 Å². The van der Waals surface area contributed by atoms with Gasteiger partial charge in [0, 0.05) is 56.0 Å². The fourth-order valence-electron chi connectivity index (χ4n) is 5.59. The number of H-pyrrole nitrogens is 1. The number of nitrogens with zero attached hydrogens (tertiary/aromatic N) is 3. The number of ether oxygens (including phenoxy) is 1. The van der Waals surface area contributed by atoms with E-state index in [4.69, 9.17) is 9.84 Å². The first-order valence-corrected chi connectivity index (χ1v) is 16.6. The quantitative estimate of drug-likeness (QED) is 0.320. The Morgan fingerprint density at radius 2 is 2.03 bits per heavy atom. The molecule has 1 aromatic carbocycles. The van der Waals surface area contributed by atoms with E-state index in [-0.39, 0.29) is 12.0 Å². The Morgan fingerprint density at radius 3 is 2.77 bits per heavy atom. The summed E-state index contributed by atoms with van der Waals surface area (Å²) in [7, 11) is -1.10. The molecule has 3 aromatic rings. The number of nitrogens with one attached hydrogen (secondary N) is 1. The number of aromatic amines is 1. The van der Waals surface area contributed by atoms with Gasteiger partial charge >= 0.3 is 0 Å². The number of hydrogen-bond acceptors (Lipinski definition) is 5. The fraction of sp³-hybridized carbons (Fsp3) is 0.593. The highest BCUT2D eigenvalue weighted by molar-refractivity contribution is 6.76. The van der Waals surface area contributed by atoms with Crippen LogP contribution >= 0.6 is 0 Å². The zero-order valence-electron chi connectivity index (χ0n) is 21.8. The van der Waals surface area contributed by atoms with Crippen LogP contribution in [0.15, 0.2) is 18.3 Å². The number of hydrogen-bond donors (Lipinski definition) is 3. The molecule has 0 radical (unpaired) electrons. The topological polar surface area (TPSA) is 86.5 Å². The zero-order valence-corrected chi connectivity index (χ0v) is 22.8. The number of aliphatic hydroxyl groups excluding tert-OH is 2. The summed E-state index contributed by atoms with van der Waals surface area (Å²) < 4.78 is 7.92. The van der Waals surface area contributed by atoms with Crippen LogP contribution in [0.4, 0.5) is 5.69 Å². The van der Waals surface area contributed by atoms with E-state index in [1.165, 1.54) is 27.8 Å². The molecule has 1 aliphatic heterocycles. The summed E-state index contributed by atoms with van der Waals surface area (Å²) in [5, 5.41) is 25.7. The molecule has 1 aliphatic carbocycles. The molecule has 1 unspecified atom stereocenters. The number of β-amino-alcohol motifs (C(OH)–C–C–N with tert-alkyl or cyclic N) is 1. The summed E-state index contributed by atoms with van der Waals surface area (Å²) in [6.07, 6.45) is 4.53. The van der Waals surface area contributed by atoms with E-state index in [0.29, 0.717) is 13.3 Å². The van der Waals surface area contributed by atoms with Gasteiger partial charge in [-0.3, -0.25) is 0 Å². The second-order valence-electron chi connectivity index (χ2n) is 12.2. The molecule has 5 rings (SSSR count). The molecule has 2 aliphatic rings. The van der Waals surface area contributed by atoms with Crippen molar-refractivity contribution in [2.75, 3.05) is 31.2 Å². The Hall–Kier alpha value is -2.13. The van der Waals surface area contributed by atoms with E-state index in [1.807, 2.05) is 4.68 Å². The second kappa shape index (κ2) is 9.07. The average molecular weight is 497 g/mol. The first-order valence-electron chi connectivity index (χ1n) is 12.9. The van der Waals surface area contributed by atoms with E-state index in [1.54, 1.807) is 0 Å². The highest BCUT2D eigenvalue weighted by Gasteiger charge is 2.37. The smallest absolute Gasteiger partial charge is 0.139 e. The maximum Gasteiger partial charge on any atom is 0.139 e. The largest absolute Gasteiger partial charge is 0.394 e. The van der Waals surface area contributed by atoms with E-state index in [0.717, 1.165) is 55.4 Å². The van der Waals surface area contributed by atoms with Crippen molar-refractivity contribution in [1.29, 1.82) is 0 Å². The lowest BCUT2D eigenvalue weighted by Gasteiger charge is -2.24. The first kappa shape index (κ1) is 24.6. The van der Waals surface area contributed by atoms with Crippen LogP contribution in [-0.2, 0) is 29.7 Å². The average Bonchev–Trinajstić information content (AvgIpc) is 3.38. The molecule has 0 saturated carbocycles. The van der Waals surface area contributed by atoms with Gasteiger partial charge in [0.1, 0.15) is 12.4 Å². The lowest BCUT2D eigenvalue weighted by Crippen LogP contribution is -2.36. The predicted molar refractivity (Wildman–Crippen MR) is 144 cm³/mol. The highest BCUT2D eigenvalue weighted by atomic mass is 28.3. The Bertz CT molecular complexity index is 1220. The van der Waals surface area contributed by atoms with Gasteiger partial charge in [-0.15, -0.1) is 0 Å². The van der Waals surface area contributed by atoms with Crippen molar-refractivity contribution in [3.8, 4) is 11.4 Å². The van der Waals surface area contributed by atoms with E-state index in [2.05, 4.69) is 61.7 Å². The van der Waals surface area contributed by atoms with Crippen molar-refractivity contribution in [1.82, 2.24) is 14.8 Å². The molecule has 0 fully saturated rings. The summed E-state index contributed by atoms with van der Waals surface area (Å²) >= 11 is 0. The van der Waals surface area contributed by atoms with Gasteiger partial charge in [-0.25, -0.2) is 4.68 Å². The van der Waals surface area contributed by atoms with Gasteiger partial charge in [0.05, 0.1) is 18.4 Å². The monoisotopic (exact) mass is 496 g/mol. The molecule has 190 valence electrons. The van der Waals surface area contributed by atoms with Gasteiger partial charge in [-0.1, -0.05) is 33.5 Å². The molecule has 0 amide bonds. The fourth-order valence-corrected chi connectivity index (χ4v) is 6.35. The SMILES string of the molecule is CC1(C)CN(CC(O)CO)c2cc3c4c([nH]c3cc21)-c1nn(COCC[Si](C)(C)C)cc1CCC4. The van der Waals surface area contributed by atoms with Gasteiger partial charge in [0.15, 0.2) is 0 Å². The maximum atomic E-state index is 10.1. The van der Waals surface area contributed by atoms with Gasteiger partial charge < -0.3 is 24.8 Å².